The zero-order valence-electron chi connectivity index (χ0n) is 10.3. The van der Waals surface area contributed by atoms with Crippen LogP contribution < -0.4 is 5.32 Å². The van der Waals surface area contributed by atoms with Gasteiger partial charge in [-0.05, 0) is 41.6 Å². The van der Waals surface area contributed by atoms with E-state index in [1.165, 1.54) is 10.9 Å². The fourth-order valence-corrected chi connectivity index (χ4v) is 2.91. The number of rotatable bonds is 4. The van der Waals surface area contributed by atoms with Crippen LogP contribution in [0.3, 0.4) is 0 Å². The molecule has 0 atom stereocenters. The molecule has 0 saturated heterocycles. The molecule has 0 spiro atoms. The van der Waals surface area contributed by atoms with E-state index < -0.39 is 0 Å². The highest BCUT2D eigenvalue weighted by molar-refractivity contribution is 7.16. The van der Waals surface area contributed by atoms with Crippen molar-refractivity contribution in [1.82, 2.24) is 4.98 Å². The monoisotopic (exact) mass is 288 g/mol. The number of hydrogen-bond acceptors (Lipinski definition) is 3. The molecule has 0 bridgehead atoms. The van der Waals surface area contributed by atoms with Crippen LogP contribution in [0.25, 0.3) is 10.2 Å². The summed E-state index contributed by atoms with van der Waals surface area (Å²) in [6, 6.07) is 12.1. The summed E-state index contributed by atoms with van der Waals surface area (Å²) in [5, 5.41) is 7.52. The van der Waals surface area contributed by atoms with Crippen molar-refractivity contribution in [3.63, 3.8) is 0 Å². The summed E-state index contributed by atoms with van der Waals surface area (Å²) in [7, 11) is 0. The van der Waals surface area contributed by atoms with Gasteiger partial charge in [0, 0.05) is 28.8 Å². The van der Waals surface area contributed by atoms with Gasteiger partial charge in [0.1, 0.15) is 4.83 Å². The molecule has 0 saturated carbocycles. The second-order valence-electron chi connectivity index (χ2n) is 4.30. The smallest absolute Gasteiger partial charge is 0.125 e. The van der Waals surface area contributed by atoms with Crippen molar-refractivity contribution >= 4 is 38.8 Å². The summed E-state index contributed by atoms with van der Waals surface area (Å²) >= 11 is 7.54. The van der Waals surface area contributed by atoms with Gasteiger partial charge in [-0.3, -0.25) is 0 Å². The minimum Gasteiger partial charge on any atom is -0.384 e. The molecule has 2 heterocycles. The Labute approximate surface area is 121 Å². The van der Waals surface area contributed by atoms with Crippen molar-refractivity contribution in [2.75, 3.05) is 11.9 Å². The fraction of sp³-hybridized carbons (Fsp3) is 0.133. The van der Waals surface area contributed by atoms with Gasteiger partial charge in [0.2, 0.25) is 0 Å². The number of nitrogens with one attached hydrogen (secondary N) is 1. The molecular formula is C15H13ClN2S. The predicted molar refractivity (Wildman–Crippen MR) is 83.3 cm³/mol. The lowest BCUT2D eigenvalue weighted by atomic mass is 10.1. The van der Waals surface area contributed by atoms with Gasteiger partial charge in [-0.25, -0.2) is 4.98 Å². The average Bonchev–Trinajstić information content (AvgIpc) is 2.90. The first-order valence-electron chi connectivity index (χ1n) is 6.13. The first kappa shape index (κ1) is 12.5. The van der Waals surface area contributed by atoms with E-state index in [4.69, 9.17) is 11.6 Å². The van der Waals surface area contributed by atoms with E-state index in [0.29, 0.717) is 0 Å². The van der Waals surface area contributed by atoms with Crippen LogP contribution in [0.2, 0.25) is 5.02 Å². The topological polar surface area (TPSA) is 24.9 Å². The molecule has 0 radical (unpaired) electrons. The average molecular weight is 289 g/mol. The first-order valence-corrected chi connectivity index (χ1v) is 7.39. The molecule has 0 amide bonds. The zero-order chi connectivity index (χ0) is 13.1. The molecule has 0 unspecified atom stereocenters. The molecule has 1 aromatic carbocycles. The Morgan fingerprint density at radius 2 is 1.95 bits per heavy atom. The molecule has 96 valence electrons. The van der Waals surface area contributed by atoms with Crippen LogP contribution in [-0.4, -0.2) is 11.5 Å². The van der Waals surface area contributed by atoms with Crippen LogP contribution in [0.5, 0.6) is 0 Å². The minimum absolute atomic E-state index is 0.783. The summed E-state index contributed by atoms with van der Waals surface area (Å²) in [4.78, 5) is 5.42. The zero-order valence-corrected chi connectivity index (χ0v) is 11.8. The summed E-state index contributed by atoms with van der Waals surface area (Å²) in [6.45, 7) is 0.899. The van der Waals surface area contributed by atoms with Crippen molar-refractivity contribution in [2.24, 2.45) is 0 Å². The summed E-state index contributed by atoms with van der Waals surface area (Å²) in [6.07, 6.45) is 2.83. The third kappa shape index (κ3) is 2.88. The number of aromatic nitrogens is 1. The third-order valence-electron chi connectivity index (χ3n) is 3.01. The Balaban J connectivity index is 1.66. The first-order chi connectivity index (χ1) is 9.33. The molecule has 0 fully saturated rings. The minimum atomic E-state index is 0.783. The number of nitrogens with zero attached hydrogens (tertiary/aromatic N) is 1. The second-order valence-corrected chi connectivity index (χ2v) is 5.63. The second kappa shape index (κ2) is 5.59. The Kier molecular flexibility index (Phi) is 3.67. The van der Waals surface area contributed by atoms with Gasteiger partial charge in [-0.15, -0.1) is 11.3 Å². The van der Waals surface area contributed by atoms with E-state index in [1.807, 2.05) is 24.4 Å². The number of halogens is 1. The highest BCUT2D eigenvalue weighted by Gasteiger charge is 2.02. The number of anilines is 1. The molecular weight excluding hydrogens is 276 g/mol. The lowest BCUT2D eigenvalue weighted by molar-refractivity contribution is 1.02. The largest absolute Gasteiger partial charge is 0.384 e. The SMILES string of the molecule is Clc1ccc(CCNc2ccnc3sccc23)cc1. The highest BCUT2D eigenvalue weighted by atomic mass is 35.5. The van der Waals surface area contributed by atoms with Crippen molar-refractivity contribution < 1.29 is 0 Å². The number of fused-ring (bicyclic) bond motifs is 1. The van der Waals surface area contributed by atoms with E-state index >= 15 is 0 Å². The molecule has 1 N–H and O–H groups in total. The van der Waals surface area contributed by atoms with Crippen molar-refractivity contribution in [2.45, 2.75) is 6.42 Å². The Hall–Kier alpha value is -1.58. The Bertz CT molecular complexity index is 676. The van der Waals surface area contributed by atoms with Crippen LogP contribution in [0.1, 0.15) is 5.56 Å². The van der Waals surface area contributed by atoms with Crippen molar-refractivity contribution in [3.8, 4) is 0 Å². The van der Waals surface area contributed by atoms with Gasteiger partial charge in [0.05, 0.1) is 0 Å². The number of thiophene rings is 1. The van der Waals surface area contributed by atoms with E-state index in [0.717, 1.165) is 28.5 Å². The fourth-order valence-electron chi connectivity index (χ4n) is 2.02. The van der Waals surface area contributed by atoms with Gasteiger partial charge < -0.3 is 5.32 Å². The number of benzene rings is 1. The van der Waals surface area contributed by atoms with E-state index in [-0.39, 0.29) is 0 Å². The molecule has 2 aromatic heterocycles. The van der Waals surface area contributed by atoms with E-state index in [9.17, 15) is 0 Å². The maximum atomic E-state index is 5.87. The summed E-state index contributed by atoms with van der Waals surface area (Å²) in [5.41, 5.74) is 2.44. The third-order valence-corrected chi connectivity index (χ3v) is 4.08. The maximum absolute atomic E-state index is 5.87. The Morgan fingerprint density at radius 1 is 1.11 bits per heavy atom. The summed E-state index contributed by atoms with van der Waals surface area (Å²) < 4.78 is 0. The molecule has 4 heteroatoms. The van der Waals surface area contributed by atoms with Crippen molar-refractivity contribution in [1.29, 1.82) is 0 Å². The molecule has 0 aliphatic heterocycles. The van der Waals surface area contributed by atoms with Crippen LogP contribution >= 0.6 is 22.9 Å². The van der Waals surface area contributed by atoms with Crippen LogP contribution in [0.15, 0.2) is 48.0 Å². The van der Waals surface area contributed by atoms with E-state index in [2.05, 4.69) is 33.9 Å². The predicted octanol–water partition coefficient (Wildman–Crippen LogP) is 4.60. The Morgan fingerprint density at radius 3 is 2.79 bits per heavy atom. The highest BCUT2D eigenvalue weighted by Crippen LogP contribution is 2.25. The van der Waals surface area contributed by atoms with Gasteiger partial charge in [0.15, 0.2) is 0 Å². The van der Waals surface area contributed by atoms with Crippen LogP contribution in [-0.2, 0) is 6.42 Å². The number of hydrogen-bond donors (Lipinski definition) is 1. The quantitative estimate of drug-likeness (QED) is 0.759. The normalized spacial score (nSPS) is 10.8. The lowest BCUT2D eigenvalue weighted by Crippen LogP contribution is -2.05. The molecule has 0 aliphatic rings. The van der Waals surface area contributed by atoms with Crippen molar-refractivity contribution in [3.05, 3.63) is 58.6 Å². The van der Waals surface area contributed by atoms with Gasteiger partial charge in [-0.2, -0.15) is 0 Å². The molecule has 3 aromatic rings. The lowest BCUT2D eigenvalue weighted by Gasteiger charge is -2.07. The number of pyridine rings is 1. The molecule has 19 heavy (non-hydrogen) atoms. The van der Waals surface area contributed by atoms with Crippen LogP contribution in [0, 0.1) is 0 Å². The van der Waals surface area contributed by atoms with Gasteiger partial charge in [-0.1, -0.05) is 23.7 Å². The van der Waals surface area contributed by atoms with Gasteiger partial charge in [0.25, 0.3) is 0 Å². The molecule has 2 nitrogen and oxygen atoms in total. The van der Waals surface area contributed by atoms with Gasteiger partial charge >= 0.3 is 0 Å². The maximum Gasteiger partial charge on any atom is 0.125 e. The summed E-state index contributed by atoms with van der Waals surface area (Å²) in [5.74, 6) is 0. The molecule has 0 aliphatic carbocycles. The standard InChI is InChI=1S/C15H13ClN2S/c16-12-3-1-11(2-4-12)5-8-17-14-6-9-18-15-13(14)7-10-19-15/h1-4,6-7,9-10H,5,8H2,(H,17,18). The van der Waals surface area contributed by atoms with E-state index in [1.54, 1.807) is 11.3 Å². The molecule has 3 rings (SSSR count). The van der Waals surface area contributed by atoms with Crippen LogP contribution in [0.4, 0.5) is 5.69 Å².